The normalized spacial score (nSPS) is 12.0. The quantitative estimate of drug-likeness (QED) is 0.509. The number of ether oxygens (including phenoxy) is 1. The van der Waals surface area contributed by atoms with Crippen LogP contribution in [0.25, 0.3) is 11.2 Å². The molecule has 2 heterocycles. The zero-order chi connectivity index (χ0) is 18.7. The van der Waals surface area contributed by atoms with E-state index in [1.54, 1.807) is 10.9 Å². The third kappa shape index (κ3) is 4.20. The Hall–Kier alpha value is -2.45. The number of nitrogens with zero attached hydrogens (tertiary/aromatic N) is 3. The van der Waals surface area contributed by atoms with Crippen LogP contribution in [0.4, 0.5) is 0 Å². The monoisotopic (exact) mass is 372 g/mol. The van der Waals surface area contributed by atoms with E-state index in [1.165, 1.54) is 4.57 Å². The van der Waals surface area contributed by atoms with Crippen LogP contribution >= 0.6 is 0 Å². The zero-order valence-electron chi connectivity index (χ0n) is 15.4. The first-order valence-corrected chi connectivity index (χ1v) is 12.4. The second-order valence-corrected chi connectivity index (χ2v) is 13.2. The SMILES string of the molecule is C[Si](C)(C)CCOCn1c(=O)[nH]c(=O)c2c1ncn2Cc1ccccc1. The van der Waals surface area contributed by atoms with Crippen LogP contribution in [0.5, 0.6) is 0 Å². The number of hydrogen-bond donors (Lipinski definition) is 1. The van der Waals surface area contributed by atoms with Gasteiger partial charge in [-0.3, -0.25) is 14.3 Å². The Kier molecular flexibility index (Phi) is 5.24. The molecule has 0 aliphatic rings. The highest BCUT2D eigenvalue weighted by Crippen LogP contribution is 2.11. The summed E-state index contributed by atoms with van der Waals surface area (Å²) >= 11 is 0. The van der Waals surface area contributed by atoms with E-state index in [0.717, 1.165) is 11.6 Å². The predicted molar refractivity (Wildman–Crippen MR) is 104 cm³/mol. The molecule has 1 N–H and O–H groups in total. The molecule has 0 amide bonds. The van der Waals surface area contributed by atoms with Crippen LogP contribution in [-0.4, -0.2) is 33.8 Å². The van der Waals surface area contributed by atoms with E-state index >= 15 is 0 Å². The van der Waals surface area contributed by atoms with Gasteiger partial charge in [0.25, 0.3) is 5.56 Å². The Morgan fingerprint density at radius 3 is 2.58 bits per heavy atom. The maximum absolute atomic E-state index is 12.3. The number of benzene rings is 1. The van der Waals surface area contributed by atoms with Crippen LogP contribution in [0.3, 0.4) is 0 Å². The number of fused-ring (bicyclic) bond motifs is 1. The van der Waals surface area contributed by atoms with Gasteiger partial charge in [0.2, 0.25) is 0 Å². The molecule has 0 saturated carbocycles. The fourth-order valence-corrected chi connectivity index (χ4v) is 3.43. The predicted octanol–water partition coefficient (Wildman–Crippen LogP) is 2.25. The minimum absolute atomic E-state index is 0.0823. The van der Waals surface area contributed by atoms with Gasteiger partial charge in [0.15, 0.2) is 11.2 Å². The van der Waals surface area contributed by atoms with Crippen molar-refractivity contribution in [1.29, 1.82) is 0 Å². The molecule has 0 spiro atoms. The van der Waals surface area contributed by atoms with Crippen LogP contribution in [0, 0.1) is 0 Å². The first-order chi connectivity index (χ1) is 12.3. The number of nitrogens with one attached hydrogen (secondary N) is 1. The average molecular weight is 373 g/mol. The van der Waals surface area contributed by atoms with E-state index in [0.29, 0.717) is 24.3 Å². The van der Waals surface area contributed by atoms with E-state index in [4.69, 9.17) is 4.74 Å². The van der Waals surface area contributed by atoms with Crippen LogP contribution in [0.15, 0.2) is 46.2 Å². The van der Waals surface area contributed by atoms with Crippen molar-refractivity contribution in [3.05, 3.63) is 63.1 Å². The maximum atomic E-state index is 12.3. The molecule has 7 nitrogen and oxygen atoms in total. The van der Waals surface area contributed by atoms with Gasteiger partial charge >= 0.3 is 5.69 Å². The summed E-state index contributed by atoms with van der Waals surface area (Å²) in [5, 5.41) is 0. The summed E-state index contributed by atoms with van der Waals surface area (Å²) in [7, 11) is -1.20. The number of rotatable bonds is 7. The van der Waals surface area contributed by atoms with Crippen LogP contribution in [0.1, 0.15) is 5.56 Å². The van der Waals surface area contributed by atoms with Crippen molar-refractivity contribution in [3.63, 3.8) is 0 Å². The topological polar surface area (TPSA) is 81.9 Å². The molecule has 2 aromatic heterocycles. The van der Waals surface area contributed by atoms with Gasteiger partial charge in [0.05, 0.1) is 6.33 Å². The van der Waals surface area contributed by atoms with Gasteiger partial charge in [-0.15, -0.1) is 0 Å². The summed E-state index contributed by atoms with van der Waals surface area (Å²) in [6, 6.07) is 10.8. The maximum Gasteiger partial charge on any atom is 0.332 e. The lowest BCUT2D eigenvalue weighted by atomic mass is 10.2. The number of aromatic amines is 1. The lowest BCUT2D eigenvalue weighted by Crippen LogP contribution is -2.32. The molecule has 26 heavy (non-hydrogen) atoms. The summed E-state index contributed by atoms with van der Waals surface area (Å²) < 4.78 is 8.81. The minimum Gasteiger partial charge on any atom is -0.361 e. The fourth-order valence-electron chi connectivity index (χ4n) is 2.68. The van der Waals surface area contributed by atoms with Crippen molar-refractivity contribution in [2.45, 2.75) is 39.0 Å². The van der Waals surface area contributed by atoms with Gasteiger partial charge in [-0.25, -0.2) is 9.78 Å². The molecular formula is C18H24N4O3Si. The summed E-state index contributed by atoms with van der Waals surface area (Å²) in [5.41, 5.74) is 0.845. The van der Waals surface area contributed by atoms with E-state index in [-0.39, 0.29) is 6.73 Å². The summed E-state index contributed by atoms with van der Waals surface area (Å²) in [6.45, 7) is 7.99. The zero-order valence-corrected chi connectivity index (χ0v) is 16.4. The molecule has 138 valence electrons. The van der Waals surface area contributed by atoms with Gasteiger partial charge in [-0.05, 0) is 11.6 Å². The highest BCUT2D eigenvalue weighted by Gasteiger charge is 2.15. The molecule has 3 rings (SSSR count). The molecule has 0 saturated heterocycles. The van der Waals surface area contributed by atoms with Crippen LogP contribution in [-0.2, 0) is 18.0 Å². The first-order valence-electron chi connectivity index (χ1n) is 8.65. The van der Waals surface area contributed by atoms with Crippen molar-refractivity contribution >= 4 is 19.2 Å². The molecular weight excluding hydrogens is 348 g/mol. The van der Waals surface area contributed by atoms with Crippen molar-refractivity contribution in [2.75, 3.05) is 6.61 Å². The van der Waals surface area contributed by atoms with E-state index in [9.17, 15) is 9.59 Å². The number of imidazole rings is 1. The molecule has 0 fully saturated rings. The summed E-state index contributed by atoms with van der Waals surface area (Å²) in [5.74, 6) is 0. The highest BCUT2D eigenvalue weighted by atomic mass is 28.3. The smallest absolute Gasteiger partial charge is 0.332 e. The second-order valence-electron chi connectivity index (χ2n) is 7.57. The Bertz CT molecular complexity index is 999. The van der Waals surface area contributed by atoms with Crippen molar-refractivity contribution in [2.24, 2.45) is 0 Å². The molecule has 0 atom stereocenters. The molecule has 1 aromatic carbocycles. The Balaban J connectivity index is 1.88. The molecule has 0 aliphatic heterocycles. The summed E-state index contributed by atoms with van der Waals surface area (Å²) in [6.07, 6.45) is 1.59. The third-order valence-electron chi connectivity index (χ3n) is 4.17. The largest absolute Gasteiger partial charge is 0.361 e. The minimum atomic E-state index is -1.20. The van der Waals surface area contributed by atoms with Gasteiger partial charge in [-0.1, -0.05) is 50.0 Å². The molecule has 0 radical (unpaired) electrons. The Morgan fingerprint density at radius 1 is 1.15 bits per heavy atom. The van der Waals surface area contributed by atoms with Crippen molar-refractivity contribution < 1.29 is 4.74 Å². The van der Waals surface area contributed by atoms with Gasteiger partial charge in [0.1, 0.15) is 6.73 Å². The van der Waals surface area contributed by atoms with Crippen LogP contribution < -0.4 is 11.2 Å². The van der Waals surface area contributed by atoms with Crippen molar-refractivity contribution in [1.82, 2.24) is 19.1 Å². The molecule has 0 bridgehead atoms. The molecule has 3 aromatic rings. The van der Waals surface area contributed by atoms with E-state index in [1.807, 2.05) is 30.3 Å². The fraction of sp³-hybridized carbons (Fsp3) is 0.389. The van der Waals surface area contributed by atoms with E-state index in [2.05, 4.69) is 29.6 Å². The lowest BCUT2D eigenvalue weighted by molar-refractivity contribution is 0.0865. The molecule has 0 unspecified atom stereocenters. The number of H-pyrrole nitrogens is 1. The highest BCUT2D eigenvalue weighted by molar-refractivity contribution is 6.76. The van der Waals surface area contributed by atoms with Gasteiger partial charge in [0, 0.05) is 21.2 Å². The third-order valence-corrected chi connectivity index (χ3v) is 5.87. The Morgan fingerprint density at radius 2 is 1.88 bits per heavy atom. The van der Waals surface area contributed by atoms with Gasteiger partial charge < -0.3 is 9.30 Å². The van der Waals surface area contributed by atoms with E-state index < -0.39 is 19.3 Å². The Labute approximate surface area is 152 Å². The second kappa shape index (κ2) is 7.43. The van der Waals surface area contributed by atoms with Crippen molar-refractivity contribution in [3.8, 4) is 0 Å². The number of aromatic nitrogens is 4. The average Bonchev–Trinajstić information content (AvgIpc) is 2.98. The number of hydrogen-bond acceptors (Lipinski definition) is 4. The lowest BCUT2D eigenvalue weighted by Gasteiger charge is -2.15. The summed E-state index contributed by atoms with van der Waals surface area (Å²) in [4.78, 5) is 31.2. The van der Waals surface area contributed by atoms with Gasteiger partial charge in [-0.2, -0.15) is 0 Å². The molecule has 8 heteroatoms. The first kappa shape index (κ1) is 18.3. The molecule has 0 aliphatic carbocycles. The van der Waals surface area contributed by atoms with Crippen LogP contribution in [0.2, 0.25) is 25.7 Å². The standard InChI is InChI=1S/C18H24N4O3Si/c1-26(2,3)10-9-25-13-22-16-15(17(23)20-18(22)24)21(12-19-16)11-14-7-5-4-6-8-14/h4-8,12H,9-11,13H2,1-3H3,(H,20,23,24).